The molecule has 23 heavy (non-hydrogen) atoms. The first-order valence-electron chi connectivity index (χ1n) is 7.57. The van der Waals surface area contributed by atoms with Crippen molar-refractivity contribution >= 4 is 5.91 Å². The van der Waals surface area contributed by atoms with Crippen molar-refractivity contribution in [1.82, 2.24) is 15.3 Å². The Balaban J connectivity index is 1.61. The molecule has 2 aromatic rings. The van der Waals surface area contributed by atoms with E-state index in [1.807, 2.05) is 6.92 Å². The van der Waals surface area contributed by atoms with Crippen LogP contribution in [-0.4, -0.2) is 29.0 Å². The normalized spacial score (nSPS) is 20.4. The molecule has 3 rings (SSSR count). The standard InChI is InChI=1S/C17H18FN3O2/c1-11-8-20-15(10-19-11)17(22)21-9-13-6-7-23-16(13)12-2-4-14(18)5-3-12/h2-5,8,10,13,16H,6-7,9H2,1H3,(H,21,22)/t13-,16-/m0/s1. The van der Waals surface area contributed by atoms with E-state index in [9.17, 15) is 9.18 Å². The molecule has 2 heterocycles. The second kappa shape index (κ2) is 6.83. The van der Waals surface area contributed by atoms with E-state index in [1.165, 1.54) is 18.3 Å². The molecule has 1 saturated heterocycles. The molecule has 1 N–H and O–H groups in total. The molecule has 5 nitrogen and oxygen atoms in total. The zero-order valence-electron chi connectivity index (χ0n) is 12.8. The van der Waals surface area contributed by atoms with E-state index < -0.39 is 0 Å². The highest BCUT2D eigenvalue weighted by atomic mass is 19.1. The van der Waals surface area contributed by atoms with Crippen LogP contribution in [0.5, 0.6) is 0 Å². The summed E-state index contributed by atoms with van der Waals surface area (Å²) in [6, 6.07) is 6.31. The topological polar surface area (TPSA) is 64.1 Å². The second-order valence-electron chi connectivity index (χ2n) is 5.64. The summed E-state index contributed by atoms with van der Waals surface area (Å²) in [5.74, 6) is -0.361. The van der Waals surface area contributed by atoms with E-state index in [0.717, 1.165) is 17.7 Å². The van der Waals surface area contributed by atoms with Gasteiger partial charge in [-0.1, -0.05) is 12.1 Å². The monoisotopic (exact) mass is 315 g/mol. The van der Waals surface area contributed by atoms with E-state index >= 15 is 0 Å². The van der Waals surface area contributed by atoms with Gasteiger partial charge in [-0.3, -0.25) is 9.78 Å². The van der Waals surface area contributed by atoms with Gasteiger partial charge in [-0.25, -0.2) is 9.37 Å². The van der Waals surface area contributed by atoms with Crippen molar-refractivity contribution < 1.29 is 13.9 Å². The van der Waals surface area contributed by atoms with Gasteiger partial charge in [0.25, 0.3) is 5.91 Å². The van der Waals surface area contributed by atoms with Gasteiger partial charge in [-0.15, -0.1) is 0 Å². The van der Waals surface area contributed by atoms with Gasteiger partial charge < -0.3 is 10.1 Å². The Morgan fingerprint density at radius 1 is 1.30 bits per heavy atom. The van der Waals surface area contributed by atoms with E-state index in [1.54, 1.807) is 18.3 Å². The fourth-order valence-electron chi connectivity index (χ4n) is 2.69. The number of hydrogen-bond acceptors (Lipinski definition) is 4. The van der Waals surface area contributed by atoms with E-state index in [-0.39, 0.29) is 23.7 Å². The number of amides is 1. The van der Waals surface area contributed by atoms with Crippen LogP contribution < -0.4 is 5.32 Å². The third-order valence-electron chi connectivity index (χ3n) is 3.95. The molecule has 0 unspecified atom stereocenters. The molecule has 0 spiro atoms. The molecule has 1 aliphatic rings. The maximum atomic E-state index is 13.0. The number of hydrogen-bond donors (Lipinski definition) is 1. The summed E-state index contributed by atoms with van der Waals surface area (Å²) in [6.45, 7) is 2.93. The van der Waals surface area contributed by atoms with Crippen LogP contribution in [0.25, 0.3) is 0 Å². The lowest BCUT2D eigenvalue weighted by molar-refractivity contribution is 0.0843. The van der Waals surface area contributed by atoms with E-state index in [2.05, 4.69) is 15.3 Å². The summed E-state index contributed by atoms with van der Waals surface area (Å²) >= 11 is 0. The molecule has 2 atom stereocenters. The maximum Gasteiger partial charge on any atom is 0.271 e. The van der Waals surface area contributed by atoms with Gasteiger partial charge in [0.05, 0.1) is 18.0 Å². The SMILES string of the molecule is Cc1cnc(C(=O)NC[C@@H]2CCO[C@H]2c2ccc(F)cc2)cn1. The summed E-state index contributed by atoms with van der Waals surface area (Å²) in [4.78, 5) is 20.2. The molecule has 6 heteroatoms. The minimum atomic E-state index is -0.269. The lowest BCUT2D eigenvalue weighted by atomic mass is 9.95. The van der Waals surface area contributed by atoms with E-state index in [4.69, 9.17) is 4.74 Å². The van der Waals surface area contributed by atoms with Crippen LogP contribution in [0, 0.1) is 18.7 Å². The van der Waals surface area contributed by atoms with Gasteiger partial charge in [0.15, 0.2) is 0 Å². The molecule has 1 fully saturated rings. The quantitative estimate of drug-likeness (QED) is 0.941. The fraction of sp³-hybridized carbons (Fsp3) is 0.353. The van der Waals surface area contributed by atoms with E-state index in [0.29, 0.717) is 18.8 Å². The summed E-state index contributed by atoms with van der Waals surface area (Å²) in [7, 11) is 0. The number of carbonyl (C=O) groups excluding carboxylic acids is 1. The molecule has 1 aromatic heterocycles. The van der Waals surface area contributed by atoms with Gasteiger partial charge in [0, 0.05) is 25.3 Å². The van der Waals surface area contributed by atoms with Gasteiger partial charge >= 0.3 is 0 Å². The average Bonchev–Trinajstić information content (AvgIpc) is 3.02. The predicted molar refractivity (Wildman–Crippen MR) is 82.3 cm³/mol. The van der Waals surface area contributed by atoms with Crippen molar-refractivity contribution in [3.63, 3.8) is 0 Å². The van der Waals surface area contributed by atoms with Gasteiger partial charge in [0.2, 0.25) is 0 Å². The molecular formula is C17H18FN3O2. The third-order valence-corrected chi connectivity index (χ3v) is 3.95. The number of carbonyl (C=O) groups is 1. The van der Waals surface area contributed by atoms with Crippen LogP contribution in [0.4, 0.5) is 4.39 Å². The Hall–Kier alpha value is -2.34. The lowest BCUT2D eigenvalue weighted by Crippen LogP contribution is -2.31. The number of benzene rings is 1. The minimum Gasteiger partial charge on any atom is -0.373 e. The smallest absolute Gasteiger partial charge is 0.271 e. The number of halogens is 1. The summed E-state index contributed by atoms with van der Waals surface area (Å²) in [6.07, 6.45) is 3.75. The molecule has 1 amide bonds. The highest BCUT2D eigenvalue weighted by molar-refractivity contribution is 5.91. The van der Waals surface area contributed by atoms with Crippen molar-refractivity contribution in [3.8, 4) is 0 Å². The predicted octanol–water partition coefficient (Wildman–Crippen LogP) is 2.43. The largest absolute Gasteiger partial charge is 0.373 e. The van der Waals surface area contributed by atoms with Crippen LogP contribution >= 0.6 is 0 Å². The van der Waals surface area contributed by atoms with Crippen molar-refractivity contribution in [2.24, 2.45) is 5.92 Å². The Labute approximate surface area is 133 Å². The first kappa shape index (κ1) is 15.6. The highest BCUT2D eigenvalue weighted by Crippen LogP contribution is 2.34. The van der Waals surface area contributed by atoms with Crippen molar-refractivity contribution in [1.29, 1.82) is 0 Å². The number of aromatic nitrogens is 2. The Morgan fingerprint density at radius 3 is 2.78 bits per heavy atom. The van der Waals surface area contributed by atoms with Crippen LogP contribution in [0.3, 0.4) is 0 Å². The first-order valence-corrected chi connectivity index (χ1v) is 7.57. The van der Waals surface area contributed by atoms with Crippen LogP contribution in [-0.2, 0) is 4.74 Å². The molecule has 1 aliphatic heterocycles. The zero-order valence-corrected chi connectivity index (χ0v) is 12.8. The molecule has 0 saturated carbocycles. The summed E-state index contributed by atoms with van der Waals surface area (Å²) < 4.78 is 18.8. The van der Waals surface area contributed by atoms with Crippen molar-refractivity contribution in [2.75, 3.05) is 13.2 Å². The average molecular weight is 315 g/mol. The molecule has 0 radical (unpaired) electrons. The number of ether oxygens (including phenoxy) is 1. The highest BCUT2D eigenvalue weighted by Gasteiger charge is 2.30. The number of nitrogens with zero attached hydrogens (tertiary/aromatic N) is 2. The molecular weight excluding hydrogens is 297 g/mol. The fourth-order valence-corrected chi connectivity index (χ4v) is 2.69. The van der Waals surface area contributed by atoms with Gasteiger partial charge in [0.1, 0.15) is 11.5 Å². The first-order chi connectivity index (χ1) is 11.1. The minimum absolute atomic E-state index is 0.125. The van der Waals surface area contributed by atoms with Crippen molar-refractivity contribution in [3.05, 3.63) is 59.4 Å². The number of nitrogens with one attached hydrogen (secondary N) is 1. The molecule has 120 valence electrons. The number of aryl methyl sites for hydroxylation is 1. The summed E-state index contributed by atoms with van der Waals surface area (Å²) in [5.41, 5.74) is 1.99. The lowest BCUT2D eigenvalue weighted by Gasteiger charge is -2.19. The van der Waals surface area contributed by atoms with Gasteiger partial charge in [-0.2, -0.15) is 0 Å². The van der Waals surface area contributed by atoms with Crippen LogP contribution in [0.15, 0.2) is 36.7 Å². The van der Waals surface area contributed by atoms with Crippen LogP contribution in [0.1, 0.15) is 34.3 Å². The second-order valence-corrected chi connectivity index (χ2v) is 5.64. The van der Waals surface area contributed by atoms with Crippen molar-refractivity contribution in [2.45, 2.75) is 19.4 Å². The Kier molecular flexibility index (Phi) is 4.62. The maximum absolute atomic E-state index is 13.0. The Bertz CT molecular complexity index is 673. The zero-order chi connectivity index (χ0) is 16.2. The molecule has 0 aliphatic carbocycles. The molecule has 0 bridgehead atoms. The number of rotatable bonds is 4. The summed E-state index contributed by atoms with van der Waals surface area (Å²) in [5, 5.41) is 2.88. The molecule has 1 aromatic carbocycles. The van der Waals surface area contributed by atoms with Gasteiger partial charge in [-0.05, 0) is 31.0 Å². The third kappa shape index (κ3) is 3.71. The van der Waals surface area contributed by atoms with Crippen LogP contribution in [0.2, 0.25) is 0 Å². The Morgan fingerprint density at radius 2 is 2.09 bits per heavy atom.